The minimum Gasteiger partial charge on any atom is -0.179 e. The van der Waals surface area contributed by atoms with Gasteiger partial charge in [-0.15, -0.1) is 0 Å². The topological polar surface area (TPSA) is 0 Å². The van der Waals surface area contributed by atoms with Crippen molar-refractivity contribution < 1.29 is 0 Å². The predicted molar refractivity (Wildman–Crippen MR) is 119 cm³/mol. The van der Waals surface area contributed by atoms with Crippen LogP contribution in [0.2, 0.25) is 0 Å². The number of thiol groups is 4. The molecule has 0 N–H and O–H groups in total. The minimum atomic E-state index is 0.699. The average molecular weight is 409 g/mol. The van der Waals surface area contributed by atoms with E-state index in [0.717, 1.165) is 28.8 Å². The molecule has 0 saturated heterocycles. The van der Waals surface area contributed by atoms with Crippen LogP contribution in [0.4, 0.5) is 0 Å². The zero-order valence-electron chi connectivity index (χ0n) is 11.9. The van der Waals surface area contributed by atoms with Crippen molar-refractivity contribution in [3.05, 3.63) is 0 Å². The van der Waals surface area contributed by atoms with Gasteiger partial charge in [0, 0.05) is 27.8 Å². The summed E-state index contributed by atoms with van der Waals surface area (Å²) in [6, 6.07) is 0. The molecule has 0 spiro atoms. The zero-order valence-corrected chi connectivity index (χ0v) is 18.0. The maximum absolute atomic E-state index is 4.48. The van der Waals surface area contributed by atoms with E-state index in [1.54, 1.807) is 0 Å². The lowest BCUT2D eigenvalue weighted by Crippen LogP contribution is -2.12. The van der Waals surface area contributed by atoms with Crippen molar-refractivity contribution in [1.29, 1.82) is 0 Å². The van der Waals surface area contributed by atoms with Crippen LogP contribution in [0.5, 0.6) is 0 Å². The van der Waals surface area contributed by atoms with Gasteiger partial charge in [0.25, 0.3) is 0 Å². The SMILES string of the molecule is SCCCSC(CS)CCSC(CS)CCSCCS. The Hall–Kier alpha value is 2.45. The third kappa shape index (κ3) is 14.1. The first kappa shape index (κ1) is 22.4. The second-order valence-corrected chi connectivity index (χ2v) is 10.0. The summed E-state index contributed by atoms with van der Waals surface area (Å²) in [6.07, 6.45) is 3.73. The molecule has 0 amide bonds. The monoisotopic (exact) mass is 408 g/mol. The zero-order chi connectivity index (χ0) is 15.1. The maximum atomic E-state index is 4.48. The fourth-order valence-corrected chi connectivity index (χ4v) is 6.53. The number of thioether (sulfide) groups is 3. The van der Waals surface area contributed by atoms with Crippen molar-refractivity contribution in [1.82, 2.24) is 0 Å². The molecule has 0 aliphatic heterocycles. The summed E-state index contributed by atoms with van der Waals surface area (Å²) < 4.78 is 0. The van der Waals surface area contributed by atoms with Crippen LogP contribution in [0, 0.1) is 0 Å². The average Bonchev–Trinajstić information content (AvgIpc) is 2.48. The highest BCUT2D eigenvalue weighted by atomic mass is 32.2. The molecule has 0 radical (unpaired) electrons. The molecule has 0 fully saturated rings. The maximum Gasteiger partial charge on any atom is 0.0143 e. The Morgan fingerprint density at radius 1 is 0.650 bits per heavy atom. The van der Waals surface area contributed by atoms with Gasteiger partial charge in [0.2, 0.25) is 0 Å². The molecule has 2 unspecified atom stereocenters. The van der Waals surface area contributed by atoms with Gasteiger partial charge in [-0.25, -0.2) is 0 Å². The summed E-state index contributed by atoms with van der Waals surface area (Å²) in [4.78, 5) is 0. The molecule has 7 heteroatoms. The van der Waals surface area contributed by atoms with Crippen LogP contribution in [0.3, 0.4) is 0 Å². The van der Waals surface area contributed by atoms with Gasteiger partial charge in [-0.2, -0.15) is 85.8 Å². The Morgan fingerprint density at radius 3 is 1.80 bits per heavy atom. The van der Waals surface area contributed by atoms with Crippen molar-refractivity contribution in [3.63, 3.8) is 0 Å². The van der Waals surface area contributed by atoms with Crippen LogP contribution in [0.25, 0.3) is 0 Å². The van der Waals surface area contributed by atoms with Gasteiger partial charge in [-0.3, -0.25) is 0 Å². The van der Waals surface area contributed by atoms with Crippen LogP contribution in [0.1, 0.15) is 19.3 Å². The Kier molecular flexibility index (Phi) is 20.0. The highest BCUT2D eigenvalue weighted by Crippen LogP contribution is 2.24. The molecule has 0 aliphatic rings. The molecule has 0 aromatic carbocycles. The van der Waals surface area contributed by atoms with Crippen LogP contribution >= 0.6 is 85.8 Å². The highest BCUT2D eigenvalue weighted by molar-refractivity contribution is 8.01. The van der Waals surface area contributed by atoms with Gasteiger partial charge in [0.1, 0.15) is 0 Å². The molecular formula is C13H28S7. The summed E-state index contributed by atoms with van der Waals surface area (Å²) in [7, 11) is 0. The second-order valence-electron chi connectivity index (χ2n) is 4.34. The molecule has 0 heterocycles. The lowest BCUT2D eigenvalue weighted by Gasteiger charge is -2.17. The summed E-state index contributed by atoms with van der Waals surface area (Å²) in [5, 5.41) is 1.40. The van der Waals surface area contributed by atoms with Gasteiger partial charge in [0.05, 0.1) is 0 Å². The standard InChI is InChI=1S/C13H28S7/c14-4-1-6-19-13(11-17)3-8-20-12(10-16)2-7-18-9-5-15/h12-17H,1-11H2. The van der Waals surface area contributed by atoms with E-state index in [2.05, 4.69) is 74.0 Å². The first-order valence-corrected chi connectivity index (χ1v) is 12.8. The smallest absolute Gasteiger partial charge is 0.0143 e. The molecular weight excluding hydrogens is 381 g/mol. The quantitative estimate of drug-likeness (QED) is 0.227. The summed E-state index contributed by atoms with van der Waals surface area (Å²) in [6.45, 7) is 0. The van der Waals surface area contributed by atoms with Crippen LogP contribution in [0.15, 0.2) is 0 Å². The van der Waals surface area contributed by atoms with E-state index in [-0.39, 0.29) is 0 Å². The van der Waals surface area contributed by atoms with Crippen molar-refractivity contribution in [2.45, 2.75) is 29.8 Å². The van der Waals surface area contributed by atoms with E-state index < -0.39 is 0 Å². The van der Waals surface area contributed by atoms with E-state index in [0.29, 0.717) is 10.5 Å². The van der Waals surface area contributed by atoms with Gasteiger partial charge in [0.15, 0.2) is 0 Å². The molecule has 122 valence electrons. The number of hydrogen-bond donors (Lipinski definition) is 4. The van der Waals surface area contributed by atoms with E-state index in [4.69, 9.17) is 0 Å². The van der Waals surface area contributed by atoms with Gasteiger partial charge in [-0.05, 0) is 48.0 Å². The molecule has 0 bridgehead atoms. The molecule has 20 heavy (non-hydrogen) atoms. The van der Waals surface area contributed by atoms with E-state index in [1.807, 2.05) is 11.8 Å². The second kappa shape index (κ2) is 17.8. The fourth-order valence-electron chi connectivity index (χ4n) is 1.52. The first-order chi connectivity index (χ1) is 9.78. The van der Waals surface area contributed by atoms with Gasteiger partial charge >= 0.3 is 0 Å². The lowest BCUT2D eigenvalue weighted by atomic mass is 10.4. The van der Waals surface area contributed by atoms with Crippen LogP contribution in [-0.2, 0) is 0 Å². The highest BCUT2D eigenvalue weighted by Gasteiger charge is 2.11. The largest absolute Gasteiger partial charge is 0.179 e. The third-order valence-corrected chi connectivity index (χ3v) is 8.65. The third-order valence-electron chi connectivity index (χ3n) is 2.68. The normalized spacial score (nSPS) is 14.4. The summed E-state index contributed by atoms with van der Waals surface area (Å²) in [5.74, 6) is 8.81. The van der Waals surface area contributed by atoms with Crippen molar-refractivity contribution in [3.8, 4) is 0 Å². The summed E-state index contributed by atoms with van der Waals surface area (Å²) in [5.41, 5.74) is 0. The molecule has 0 rings (SSSR count). The minimum absolute atomic E-state index is 0.699. The molecule has 0 aromatic rings. The van der Waals surface area contributed by atoms with Gasteiger partial charge < -0.3 is 0 Å². The lowest BCUT2D eigenvalue weighted by molar-refractivity contribution is 0.899. The Morgan fingerprint density at radius 2 is 1.25 bits per heavy atom. The van der Waals surface area contributed by atoms with E-state index >= 15 is 0 Å². The van der Waals surface area contributed by atoms with Crippen molar-refractivity contribution in [2.75, 3.05) is 46.0 Å². The predicted octanol–water partition coefficient (Wildman–Crippen LogP) is 4.81. The van der Waals surface area contributed by atoms with E-state index in [9.17, 15) is 0 Å². The fraction of sp³-hybridized carbons (Fsp3) is 1.00. The molecule has 0 saturated carbocycles. The Labute approximate surface area is 160 Å². The Bertz CT molecular complexity index is 192. The van der Waals surface area contributed by atoms with Crippen LogP contribution in [-0.4, -0.2) is 56.5 Å². The Balaban J connectivity index is 3.64. The molecule has 0 aliphatic carbocycles. The summed E-state index contributed by atoms with van der Waals surface area (Å²) >= 11 is 23.6. The first-order valence-electron chi connectivity index (χ1n) is 7.02. The van der Waals surface area contributed by atoms with E-state index in [1.165, 1.54) is 36.5 Å². The molecule has 0 nitrogen and oxygen atoms in total. The van der Waals surface area contributed by atoms with Crippen molar-refractivity contribution >= 4 is 85.8 Å². The molecule has 0 aromatic heterocycles. The number of hydrogen-bond acceptors (Lipinski definition) is 7. The number of rotatable bonds is 15. The van der Waals surface area contributed by atoms with Gasteiger partial charge in [-0.1, -0.05) is 0 Å². The molecule has 2 atom stereocenters. The van der Waals surface area contributed by atoms with Crippen LogP contribution < -0.4 is 0 Å². The van der Waals surface area contributed by atoms with Crippen molar-refractivity contribution in [2.24, 2.45) is 0 Å².